The van der Waals surface area contributed by atoms with Gasteiger partial charge in [-0.25, -0.2) is 0 Å². The maximum absolute atomic E-state index is 14.5. The van der Waals surface area contributed by atoms with Crippen molar-refractivity contribution in [2.75, 3.05) is 45.7 Å². The van der Waals surface area contributed by atoms with E-state index >= 15 is 0 Å². The van der Waals surface area contributed by atoms with Crippen molar-refractivity contribution in [3.8, 4) is 23.0 Å². The first-order valence-corrected chi connectivity index (χ1v) is 20.7. The molecule has 2 fully saturated rings. The Morgan fingerprint density at radius 1 is 0.984 bits per heavy atom. The van der Waals surface area contributed by atoms with Crippen LogP contribution in [0.1, 0.15) is 76.9 Å². The average molecular weight is 849 g/mol. The molecule has 0 aliphatic carbocycles. The molecule has 7 heterocycles. The number of hydrazone groups is 1. The number of nitrogens with zero attached hydrogens (tertiary/aromatic N) is 3. The number of allylic oxidation sites excluding steroid dienone is 2. The molecule has 0 radical (unpaired) electrons. The lowest BCUT2D eigenvalue weighted by Crippen LogP contribution is -2.60. The first-order chi connectivity index (χ1) is 28.6. The van der Waals surface area contributed by atoms with Crippen LogP contribution in [0.2, 0.25) is 0 Å². The molecule has 16 nitrogen and oxygen atoms in total. The number of carbonyl (C=O) groups is 3. The van der Waals surface area contributed by atoms with Crippen LogP contribution in [0, 0.1) is 30.6 Å². The number of phenols is 3. The highest BCUT2D eigenvalue weighted by Gasteiger charge is 2.53. The Hall–Kier alpha value is -5.16. The lowest BCUT2D eigenvalue weighted by atomic mass is 9.70. The van der Waals surface area contributed by atoms with E-state index in [1.165, 1.54) is 46.4 Å². The summed E-state index contributed by atoms with van der Waals surface area (Å²) < 4.78 is 30.2. The molecule has 2 aromatic rings. The highest BCUT2D eigenvalue weighted by molar-refractivity contribution is 6.23. The quantitative estimate of drug-likeness (QED) is 0.117. The molecule has 0 saturated carbocycles. The third-order valence-electron chi connectivity index (χ3n) is 13.1. The number of carbonyl (C=O) groups excluding carboxylic acids is 3. The van der Waals surface area contributed by atoms with E-state index in [2.05, 4.69) is 15.3 Å². The van der Waals surface area contributed by atoms with Crippen LogP contribution >= 0.6 is 0 Å². The van der Waals surface area contributed by atoms with Gasteiger partial charge in [-0.15, -0.1) is 0 Å². The van der Waals surface area contributed by atoms with Crippen LogP contribution in [0.4, 0.5) is 5.69 Å². The van der Waals surface area contributed by atoms with Crippen molar-refractivity contribution in [3.05, 3.63) is 52.8 Å². The van der Waals surface area contributed by atoms with Crippen molar-refractivity contribution in [1.82, 2.24) is 9.91 Å². The largest absolute Gasteiger partial charge is 0.507 e. The minimum Gasteiger partial charge on any atom is -0.507 e. The Kier molecular flexibility index (Phi) is 12.9. The number of Topliss-reactive ketones (excluding diaryl/α,β-unsaturated/α-hetero) is 1. The van der Waals surface area contributed by atoms with E-state index in [1.807, 2.05) is 40.8 Å². The number of ketones is 1. The van der Waals surface area contributed by atoms with Crippen LogP contribution in [0.3, 0.4) is 0 Å². The fourth-order valence-corrected chi connectivity index (χ4v) is 8.84. The van der Waals surface area contributed by atoms with Gasteiger partial charge in [0.2, 0.25) is 0 Å². The van der Waals surface area contributed by atoms with E-state index in [1.54, 1.807) is 31.0 Å². The molecule has 7 aliphatic rings. The number of phenolic OH excluding ortho intramolecular Hbond substituents is 3. The number of hydrogen-bond acceptors (Lipinski definition) is 15. The van der Waals surface area contributed by atoms with Gasteiger partial charge in [0.05, 0.1) is 58.6 Å². The third kappa shape index (κ3) is 8.30. The molecular formula is C45H60N4O12. The molecule has 2 saturated heterocycles. The topological polar surface area (TPSA) is 209 Å². The van der Waals surface area contributed by atoms with Gasteiger partial charge in [0.1, 0.15) is 23.4 Å². The minimum atomic E-state index is -2.03. The number of aliphatic hydroxyl groups excluding tert-OH is 1. The van der Waals surface area contributed by atoms with E-state index in [0.717, 1.165) is 13.1 Å². The summed E-state index contributed by atoms with van der Waals surface area (Å²) in [5.41, 5.74) is -0.960. The summed E-state index contributed by atoms with van der Waals surface area (Å²) in [6, 6.07) is 0. The molecule has 1 amide bonds. The number of likely N-dealkylation sites (N-methyl/N-ethyl adjacent to an activating group) is 1. The molecule has 10 atom stereocenters. The first-order valence-electron chi connectivity index (χ1n) is 20.7. The van der Waals surface area contributed by atoms with Gasteiger partial charge in [-0.2, -0.15) is 5.10 Å². The summed E-state index contributed by atoms with van der Waals surface area (Å²) in [4.78, 5) is 42.9. The number of anilines is 1. The van der Waals surface area contributed by atoms with E-state index in [0.29, 0.717) is 13.1 Å². The standard InChI is InChI=1S/C45H60N4O12/c1-22-13-12-15-44(8)27(6)40(60-44)25(4)35(51)24(3)39(59-28(7)50)23(2)30(57-11)14-20-58-45(9)42(55)33-31-32(36(52)26(5)41(33)61-45)38(54)34(47-43(22)56)29(37(31)53)21-46-49-18-16-48(10)17-19-49/h12-15,20-21,23-25,27,30,35,39-40,51-54H,16-19H2,1-11H3,(H,47,56)/b15-12+,20-14+,22-13-,46-21+/t23-,24-,25+,27-,30+,35+,39-,40-,44+,45+/m1/s1. The van der Waals surface area contributed by atoms with E-state index < -0.39 is 76.4 Å². The molecule has 5 N–H and O–H groups in total. The SMILES string of the molecule is CO[C@H]1/C=C/O[C@@]2(C)Oc3c(C)c(O)c4c(O)c(c(/C=N/N5CCN(C)CC5)c(O)c4c3C2=O)NC(=O)/C(C)=C\C=C\[C@]2(C)O[C@H]([C@@H](C)[C@@H](O)[C@@H](C)[C@H](OC(C)=O)[C@@H]1C)[C@H]2C. The van der Waals surface area contributed by atoms with Crippen LogP contribution in [0.5, 0.6) is 23.0 Å². The molecule has 9 rings (SSSR count). The number of aromatic hydroxyl groups is 3. The molecule has 16 heteroatoms. The van der Waals surface area contributed by atoms with E-state index in [9.17, 15) is 34.8 Å². The van der Waals surface area contributed by atoms with Crippen molar-refractivity contribution >= 4 is 40.3 Å². The predicted molar refractivity (Wildman–Crippen MR) is 228 cm³/mol. The Bertz CT molecular complexity index is 2190. The van der Waals surface area contributed by atoms with Crippen molar-refractivity contribution < 1.29 is 58.5 Å². The molecule has 2 aromatic carbocycles. The minimum absolute atomic E-state index is 0.0620. The van der Waals surface area contributed by atoms with Crippen molar-refractivity contribution in [2.45, 2.75) is 98.1 Å². The van der Waals surface area contributed by atoms with E-state index in [4.69, 9.17) is 23.7 Å². The maximum atomic E-state index is 14.5. The van der Waals surface area contributed by atoms with Gasteiger partial charge in [0, 0.05) is 87.3 Å². The molecule has 332 valence electrons. The van der Waals surface area contributed by atoms with Crippen LogP contribution < -0.4 is 10.1 Å². The summed E-state index contributed by atoms with van der Waals surface area (Å²) in [5.74, 6) is -7.23. The third-order valence-corrected chi connectivity index (χ3v) is 13.1. The lowest BCUT2D eigenvalue weighted by molar-refractivity contribution is -0.251. The fraction of sp³-hybridized carbons (Fsp3) is 0.556. The normalized spacial score (nSPS) is 34.6. The Balaban J connectivity index is 1.51. The molecule has 0 aromatic heterocycles. The van der Waals surface area contributed by atoms with Crippen LogP contribution in [-0.4, -0.2) is 130 Å². The molecule has 7 aliphatic heterocycles. The zero-order chi connectivity index (χ0) is 44.9. The average Bonchev–Trinajstić information content (AvgIpc) is 3.48. The number of rotatable bonds is 4. The zero-order valence-corrected chi connectivity index (χ0v) is 36.8. The second kappa shape index (κ2) is 17.3. The number of ether oxygens (including phenoxy) is 5. The molecular weight excluding hydrogens is 789 g/mol. The number of benzene rings is 2. The molecule has 0 unspecified atom stereocenters. The van der Waals surface area contributed by atoms with Gasteiger partial charge in [0.25, 0.3) is 11.7 Å². The Morgan fingerprint density at radius 2 is 1.66 bits per heavy atom. The predicted octanol–water partition coefficient (Wildman–Crippen LogP) is 5.13. The second-order valence-corrected chi connectivity index (χ2v) is 17.3. The number of aliphatic hydroxyl groups is 1. The van der Waals surface area contributed by atoms with Crippen molar-refractivity contribution in [2.24, 2.45) is 28.8 Å². The first kappa shape index (κ1) is 45.4. The number of hydrogen-bond donors (Lipinski definition) is 5. The Labute approximate surface area is 356 Å². The zero-order valence-electron chi connectivity index (χ0n) is 36.8. The highest BCUT2D eigenvalue weighted by atomic mass is 16.7. The summed E-state index contributed by atoms with van der Waals surface area (Å²) in [6.07, 6.45) is 6.30. The number of piperazine rings is 1. The van der Waals surface area contributed by atoms with Gasteiger partial charge in [0.15, 0.2) is 5.75 Å². The number of nitrogens with one attached hydrogen (secondary N) is 1. The van der Waals surface area contributed by atoms with Gasteiger partial charge in [-0.05, 0) is 33.9 Å². The fourth-order valence-electron chi connectivity index (χ4n) is 8.84. The molecule has 7 bridgehead atoms. The van der Waals surface area contributed by atoms with Crippen LogP contribution in [-0.2, 0) is 28.5 Å². The monoisotopic (exact) mass is 848 g/mol. The summed E-state index contributed by atoms with van der Waals surface area (Å²) in [6.45, 7) is 17.8. The van der Waals surface area contributed by atoms with Crippen LogP contribution in [0.15, 0.2) is 41.2 Å². The maximum Gasteiger partial charge on any atom is 0.312 e. The van der Waals surface area contributed by atoms with Gasteiger partial charge in [-0.1, -0.05) is 45.9 Å². The van der Waals surface area contributed by atoms with Gasteiger partial charge < -0.3 is 54.3 Å². The molecule has 61 heavy (non-hydrogen) atoms. The smallest absolute Gasteiger partial charge is 0.312 e. The number of methoxy groups -OCH3 is 1. The van der Waals surface area contributed by atoms with Gasteiger partial charge in [-0.3, -0.25) is 19.4 Å². The van der Waals surface area contributed by atoms with Crippen molar-refractivity contribution in [1.29, 1.82) is 0 Å². The Morgan fingerprint density at radius 3 is 2.28 bits per heavy atom. The highest BCUT2D eigenvalue weighted by Crippen LogP contribution is 2.55. The number of esters is 1. The lowest BCUT2D eigenvalue weighted by Gasteiger charge is -2.54. The van der Waals surface area contributed by atoms with Gasteiger partial charge >= 0.3 is 11.8 Å². The van der Waals surface area contributed by atoms with Crippen molar-refractivity contribution in [3.63, 3.8) is 0 Å². The summed E-state index contributed by atoms with van der Waals surface area (Å²) >= 11 is 0. The second-order valence-electron chi connectivity index (χ2n) is 17.3. The summed E-state index contributed by atoms with van der Waals surface area (Å²) in [7, 11) is 3.46. The number of amides is 1. The van der Waals surface area contributed by atoms with E-state index in [-0.39, 0.29) is 62.4 Å². The van der Waals surface area contributed by atoms with Crippen LogP contribution in [0.25, 0.3) is 10.8 Å². The molecule has 0 spiro atoms. The summed E-state index contributed by atoms with van der Waals surface area (Å²) in [5, 5.41) is 56.0.